The molecule has 144 valence electrons. The lowest BCUT2D eigenvalue weighted by molar-refractivity contribution is -0.186. The van der Waals surface area contributed by atoms with Crippen molar-refractivity contribution in [1.82, 2.24) is 14.7 Å². The zero-order valence-electron chi connectivity index (χ0n) is 13.8. The van der Waals surface area contributed by atoms with Crippen LogP contribution in [0.4, 0.5) is 13.2 Å². The molecular formula is C15H18F3N3O4S. The summed E-state index contributed by atoms with van der Waals surface area (Å²) in [5.41, 5.74) is 1.14. The largest absolute Gasteiger partial charge is 0.471 e. The minimum absolute atomic E-state index is 0.0518. The Morgan fingerprint density at radius 3 is 2.46 bits per heavy atom. The number of amides is 1. The minimum Gasteiger partial charge on any atom is -0.379 e. The molecule has 2 aliphatic heterocycles. The summed E-state index contributed by atoms with van der Waals surface area (Å²) in [6, 6.07) is 4.33. The number of nitrogens with zero attached hydrogens (tertiary/aromatic N) is 2. The first-order valence-electron chi connectivity index (χ1n) is 8.00. The second-order valence-electron chi connectivity index (χ2n) is 6.10. The van der Waals surface area contributed by atoms with Crippen LogP contribution in [-0.4, -0.2) is 63.3 Å². The number of alkyl halides is 3. The van der Waals surface area contributed by atoms with Gasteiger partial charge in [-0.15, -0.1) is 4.83 Å². The maximum Gasteiger partial charge on any atom is 0.471 e. The molecule has 0 aliphatic carbocycles. The second kappa shape index (κ2) is 7.14. The van der Waals surface area contributed by atoms with Gasteiger partial charge >= 0.3 is 12.1 Å². The molecule has 2 heterocycles. The standard InChI is InChI=1S/C15H18F3N3O4S/c16-15(17,18)14(22)20-4-3-11-1-2-13(9-12(11)10-20)26(23,24)19-21-5-7-25-8-6-21/h1-2,9,19H,3-8,10H2. The Kier molecular flexibility index (Phi) is 5.24. The van der Waals surface area contributed by atoms with Gasteiger partial charge in [0.2, 0.25) is 0 Å². The zero-order valence-corrected chi connectivity index (χ0v) is 14.6. The highest BCUT2D eigenvalue weighted by atomic mass is 32.2. The van der Waals surface area contributed by atoms with Crippen molar-refractivity contribution in [2.75, 3.05) is 32.8 Å². The molecule has 1 aromatic carbocycles. The molecule has 1 saturated heterocycles. The maximum atomic E-state index is 12.6. The number of fused-ring (bicyclic) bond motifs is 1. The van der Waals surface area contributed by atoms with Gasteiger partial charge in [-0.2, -0.15) is 13.2 Å². The van der Waals surface area contributed by atoms with E-state index in [0.29, 0.717) is 36.8 Å². The van der Waals surface area contributed by atoms with Crippen molar-refractivity contribution >= 4 is 15.9 Å². The summed E-state index contributed by atoms with van der Waals surface area (Å²) < 4.78 is 68.0. The van der Waals surface area contributed by atoms with Crippen molar-refractivity contribution in [2.45, 2.75) is 24.0 Å². The van der Waals surface area contributed by atoms with Crippen LogP contribution in [0.5, 0.6) is 0 Å². The molecule has 0 bridgehead atoms. The lowest BCUT2D eigenvalue weighted by Gasteiger charge is -2.30. The number of benzene rings is 1. The highest BCUT2D eigenvalue weighted by Crippen LogP contribution is 2.26. The third-order valence-corrected chi connectivity index (χ3v) is 5.66. The molecule has 26 heavy (non-hydrogen) atoms. The molecule has 1 N–H and O–H groups in total. The first kappa shape index (κ1) is 19.1. The number of hydrogen-bond donors (Lipinski definition) is 1. The summed E-state index contributed by atoms with van der Waals surface area (Å²) in [7, 11) is -3.86. The average Bonchev–Trinajstić information content (AvgIpc) is 2.60. The number of hydrazine groups is 1. The van der Waals surface area contributed by atoms with Crippen LogP contribution >= 0.6 is 0 Å². The van der Waals surface area contributed by atoms with Gasteiger partial charge in [-0.1, -0.05) is 6.07 Å². The molecule has 1 aromatic rings. The van der Waals surface area contributed by atoms with E-state index in [-0.39, 0.29) is 24.4 Å². The lowest BCUT2D eigenvalue weighted by atomic mass is 10.00. The second-order valence-corrected chi connectivity index (χ2v) is 7.76. The summed E-state index contributed by atoms with van der Waals surface area (Å²) in [6.07, 6.45) is -4.70. The topological polar surface area (TPSA) is 79.0 Å². The van der Waals surface area contributed by atoms with E-state index in [0.717, 1.165) is 5.56 Å². The first-order valence-corrected chi connectivity index (χ1v) is 9.48. The van der Waals surface area contributed by atoms with E-state index < -0.39 is 22.1 Å². The van der Waals surface area contributed by atoms with E-state index in [9.17, 15) is 26.4 Å². The smallest absolute Gasteiger partial charge is 0.379 e. The van der Waals surface area contributed by atoms with Crippen LogP contribution in [0.1, 0.15) is 11.1 Å². The molecule has 1 fully saturated rings. The van der Waals surface area contributed by atoms with Gasteiger partial charge in [0.1, 0.15) is 0 Å². The zero-order chi connectivity index (χ0) is 18.9. The van der Waals surface area contributed by atoms with E-state index in [1.165, 1.54) is 17.1 Å². The van der Waals surface area contributed by atoms with Crippen molar-refractivity contribution in [3.05, 3.63) is 29.3 Å². The number of ether oxygens (including phenoxy) is 1. The van der Waals surface area contributed by atoms with Crippen LogP contribution in [0.25, 0.3) is 0 Å². The monoisotopic (exact) mass is 393 g/mol. The highest BCUT2D eigenvalue weighted by molar-refractivity contribution is 7.89. The first-order chi connectivity index (χ1) is 12.2. The Morgan fingerprint density at radius 2 is 1.81 bits per heavy atom. The quantitative estimate of drug-likeness (QED) is 0.816. The van der Waals surface area contributed by atoms with Crippen molar-refractivity contribution < 1.29 is 31.1 Å². The van der Waals surface area contributed by atoms with Gasteiger partial charge in [-0.3, -0.25) is 4.79 Å². The highest BCUT2D eigenvalue weighted by Gasteiger charge is 2.43. The molecule has 0 aromatic heterocycles. The van der Waals surface area contributed by atoms with E-state index in [1.807, 2.05) is 0 Å². The molecule has 0 saturated carbocycles. The normalized spacial score (nSPS) is 19.3. The molecule has 11 heteroatoms. The Bertz CT molecular complexity index is 792. The van der Waals surface area contributed by atoms with E-state index in [4.69, 9.17) is 4.74 Å². The van der Waals surface area contributed by atoms with Gasteiger partial charge in [0.15, 0.2) is 0 Å². The summed E-state index contributed by atoms with van der Waals surface area (Å²) >= 11 is 0. The predicted molar refractivity (Wildman–Crippen MR) is 84.3 cm³/mol. The van der Waals surface area contributed by atoms with Crippen LogP contribution in [-0.2, 0) is 32.5 Å². The molecule has 0 atom stereocenters. The molecule has 0 radical (unpaired) electrons. The van der Waals surface area contributed by atoms with Gasteiger partial charge in [0.05, 0.1) is 18.1 Å². The molecular weight excluding hydrogens is 375 g/mol. The summed E-state index contributed by atoms with van der Waals surface area (Å²) in [4.78, 5) is 14.5. The molecule has 7 nitrogen and oxygen atoms in total. The van der Waals surface area contributed by atoms with Crippen molar-refractivity contribution in [3.8, 4) is 0 Å². The van der Waals surface area contributed by atoms with Crippen molar-refractivity contribution in [3.63, 3.8) is 0 Å². The fraction of sp³-hybridized carbons (Fsp3) is 0.533. The number of nitrogens with one attached hydrogen (secondary N) is 1. The summed E-state index contributed by atoms with van der Waals surface area (Å²) in [6.45, 7) is 1.29. The fourth-order valence-corrected chi connectivity index (χ4v) is 4.10. The number of sulfonamides is 1. The number of rotatable bonds is 3. The molecule has 3 rings (SSSR count). The summed E-state index contributed by atoms with van der Waals surface area (Å²) in [5, 5.41) is 1.51. The number of hydrogen-bond acceptors (Lipinski definition) is 5. The number of halogens is 3. The molecule has 0 unspecified atom stereocenters. The maximum absolute atomic E-state index is 12.6. The van der Waals surface area contributed by atoms with Crippen LogP contribution in [0.2, 0.25) is 0 Å². The third kappa shape index (κ3) is 4.17. The lowest BCUT2D eigenvalue weighted by Crippen LogP contribution is -2.48. The van der Waals surface area contributed by atoms with Crippen LogP contribution in [0.15, 0.2) is 23.1 Å². The summed E-state index contributed by atoms with van der Waals surface area (Å²) in [5.74, 6) is -1.91. The predicted octanol–water partition coefficient (Wildman–Crippen LogP) is 0.659. The number of carbonyl (C=O) groups excluding carboxylic acids is 1. The van der Waals surface area contributed by atoms with Gasteiger partial charge in [-0.25, -0.2) is 13.4 Å². The number of morpholine rings is 1. The van der Waals surface area contributed by atoms with Gasteiger partial charge < -0.3 is 9.64 Å². The van der Waals surface area contributed by atoms with Crippen molar-refractivity contribution in [2.24, 2.45) is 0 Å². The number of carbonyl (C=O) groups is 1. The molecule has 2 aliphatic rings. The van der Waals surface area contributed by atoms with Gasteiger partial charge in [0.25, 0.3) is 10.0 Å². The van der Waals surface area contributed by atoms with Crippen molar-refractivity contribution in [1.29, 1.82) is 0 Å². The SMILES string of the molecule is O=C(N1CCc2ccc(S(=O)(=O)NN3CCOCC3)cc2C1)C(F)(F)F. The minimum atomic E-state index is -4.95. The Hall–Kier alpha value is -1.69. The molecule has 1 amide bonds. The fourth-order valence-electron chi connectivity index (χ4n) is 2.93. The van der Waals surface area contributed by atoms with Crippen LogP contribution in [0, 0.1) is 0 Å². The third-order valence-electron chi connectivity index (χ3n) is 4.29. The Labute approximate surface area is 148 Å². The van der Waals surface area contributed by atoms with Gasteiger partial charge in [0, 0.05) is 26.2 Å². The van der Waals surface area contributed by atoms with Crippen LogP contribution in [0.3, 0.4) is 0 Å². The van der Waals surface area contributed by atoms with E-state index in [2.05, 4.69) is 4.83 Å². The van der Waals surface area contributed by atoms with E-state index >= 15 is 0 Å². The average molecular weight is 393 g/mol. The molecule has 0 spiro atoms. The Morgan fingerprint density at radius 1 is 1.12 bits per heavy atom. The van der Waals surface area contributed by atoms with Crippen LogP contribution < -0.4 is 4.83 Å². The van der Waals surface area contributed by atoms with E-state index in [1.54, 1.807) is 6.07 Å². The van der Waals surface area contributed by atoms with Gasteiger partial charge in [-0.05, 0) is 29.7 Å². The Balaban J connectivity index is 1.79.